The topological polar surface area (TPSA) is 48.1 Å². The van der Waals surface area contributed by atoms with Crippen LogP contribution in [0.3, 0.4) is 0 Å². The van der Waals surface area contributed by atoms with Crippen molar-refractivity contribution in [1.82, 2.24) is 4.98 Å². The summed E-state index contributed by atoms with van der Waals surface area (Å²) in [6.07, 6.45) is 4.17. The maximum absolute atomic E-state index is 13.9. The number of nitrogens with zero attached hydrogens (tertiary/aromatic N) is 1. The van der Waals surface area contributed by atoms with Crippen LogP contribution in [0, 0.1) is 5.82 Å². The van der Waals surface area contributed by atoms with E-state index in [9.17, 15) is 4.39 Å². The lowest BCUT2D eigenvalue weighted by Crippen LogP contribution is -1.98. The summed E-state index contributed by atoms with van der Waals surface area (Å²) in [6.45, 7) is 3.03. The molecular weight excluding hydrogens is 243 g/mol. The maximum Gasteiger partial charge on any atom is 0.138 e. The Morgan fingerprint density at radius 2 is 2.11 bits per heavy atom. The van der Waals surface area contributed by atoms with E-state index in [1.54, 1.807) is 30.6 Å². The Labute approximate surface area is 112 Å². The van der Waals surface area contributed by atoms with Gasteiger partial charge >= 0.3 is 0 Å². The molecule has 0 unspecified atom stereocenters. The molecule has 2 rings (SSSR count). The molecule has 100 valence electrons. The molecule has 19 heavy (non-hydrogen) atoms. The molecule has 1 aromatic heterocycles. The number of benzene rings is 1. The molecule has 0 aliphatic carbocycles. The van der Waals surface area contributed by atoms with Gasteiger partial charge in [-0.3, -0.25) is 4.98 Å². The van der Waals surface area contributed by atoms with Gasteiger partial charge in [0.05, 0.1) is 12.8 Å². The molecule has 0 fully saturated rings. The SMILES string of the molecule is CCCOc1cncc(-c2cc(CN)ccc2F)c1. The Balaban J connectivity index is 2.35. The zero-order valence-electron chi connectivity index (χ0n) is 10.9. The van der Waals surface area contributed by atoms with Gasteiger partial charge in [-0.1, -0.05) is 13.0 Å². The van der Waals surface area contributed by atoms with Crippen molar-refractivity contribution in [2.75, 3.05) is 6.61 Å². The van der Waals surface area contributed by atoms with Gasteiger partial charge in [-0.05, 0) is 30.2 Å². The van der Waals surface area contributed by atoms with Crippen LogP contribution in [-0.2, 0) is 6.54 Å². The van der Waals surface area contributed by atoms with Crippen molar-refractivity contribution in [3.63, 3.8) is 0 Å². The van der Waals surface area contributed by atoms with Crippen molar-refractivity contribution in [2.45, 2.75) is 19.9 Å². The number of aromatic nitrogens is 1. The van der Waals surface area contributed by atoms with Crippen molar-refractivity contribution in [3.8, 4) is 16.9 Å². The van der Waals surface area contributed by atoms with Crippen LogP contribution >= 0.6 is 0 Å². The summed E-state index contributed by atoms with van der Waals surface area (Å²) >= 11 is 0. The molecule has 0 bridgehead atoms. The van der Waals surface area contributed by atoms with E-state index >= 15 is 0 Å². The fourth-order valence-electron chi connectivity index (χ4n) is 1.79. The summed E-state index contributed by atoms with van der Waals surface area (Å²) in [5, 5.41) is 0. The quantitative estimate of drug-likeness (QED) is 0.898. The van der Waals surface area contributed by atoms with Gasteiger partial charge in [-0.2, -0.15) is 0 Å². The molecule has 4 heteroatoms. The van der Waals surface area contributed by atoms with Crippen molar-refractivity contribution in [3.05, 3.63) is 48.0 Å². The first-order chi connectivity index (χ1) is 9.24. The highest BCUT2D eigenvalue weighted by molar-refractivity contribution is 5.65. The molecule has 0 saturated heterocycles. The van der Waals surface area contributed by atoms with Crippen molar-refractivity contribution < 1.29 is 9.13 Å². The summed E-state index contributed by atoms with van der Waals surface area (Å²) in [6, 6.07) is 6.65. The zero-order chi connectivity index (χ0) is 13.7. The average Bonchev–Trinajstić information content (AvgIpc) is 2.46. The molecule has 0 spiro atoms. The zero-order valence-corrected chi connectivity index (χ0v) is 10.9. The van der Waals surface area contributed by atoms with Crippen LogP contribution in [0.2, 0.25) is 0 Å². The molecule has 0 aliphatic heterocycles. The lowest BCUT2D eigenvalue weighted by Gasteiger charge is -2.08. The van der Waals surface area contributed by atoms with E-state index in [1.165, 1.54) is 6.07 Å². The summed E-state index contributed by atoms with van der Waals surface area (Å²) in [5.74, 6) is 0.364. The predicted octanol–water partition coefficient (Wildman–Crippen LogP) is 3.14. The van der Waals surface area contributed by atoms with Crippen molar-refractivity contribution in [2.24, 2.45) is 5.73 Å². The number of pyridine rings is 1. The molecule has 1 heterocycles. The van der Waals surface area contributed by atoms with Crippen LogP contribution in [0.25, 0.3) is 11.1 Å². The summed E-state index contributed by atoms with van der Waals surface area (Å²) in [7, 11) is 0. The minimum Gasteiger partial charge on any atom is -0.492 e. The number of ether oxygens (including phenoxy) is 1. The summed E-state index contributed by atoms with van der Waals surface area (Å²) in [4.78, 5) is 4.09. The van der Waals surface area contributed by atoms with Gasteiger partial charge in [0.2, 0.25) is 0 Å². The van der Waals surface area contributed by atoms with Crippen LogP contribution < -0.4 is 10.5 Å². The van der Waals surface area contributed by atoms with Gasteiger partial charge in [-0.25, -0.2) is 4.39 Å². The highest BCUT2D eigenvalue weighted by Gasteiger charge is 2.07. The van der Waals surface area contributed by atoms with Gasteiger partial charge in [0.1, 0.15) is 11.6 Å². The van der Waals surface area contributed by atoms with Gasteiger partial charge in [0.15, 0.2) is 0 Å². The Morgan fingerprint density at radius 1 is 1.26 bits per heavy atom. The number of halogens is 1. The van der Waals surface area contributed by atoms with E-state index in [2.05, 4.69) is 4.98 Å². The second-order valence-electron chi connectivity index (χ2n) is 4.28. The monoisotopic (exact) mass is 260 g/mol. The Kier molecular flexibility index (Phi) is 4.47. The lowest BCUT2D eigenvalue weighted by molar-refractivity contribution is 0.316. The molecule has 1 aromatic carbocycles. The fourth-order valence-corrected chi connectivity index (χ4v) is 1.79. The molecule has 0 amide bonds. The van der Waals surface area contributed by atoms with Gasteiger partial charge in [-0.15, -0.1) is 0 Å². The molecule has 2 N–H and O–H groups in total. The molecule has 0 atom stereocenters. The third kappa shape index (κ3) is 3.29. The van der Waals surface area contributed by atoms with Crippen LogP contribution in [-0.4, -0.2) is 11.6 Å². The van der Waals surface area contributed by atoms with E-state index in [4.69, 9.17) is 10.5 Å². The molecule has 2 aromatic rings. The van der Waals surface area contributed by atoms with Crippen molar-refractivity contribution >= 4 is 0 Å². The molecule has 0 saturated carbocycles. The predicted molar refractivity (Wildman–Crippen MR) is 73.3 cm³/mol. The van der Waals surface area contributed by atoms with E-state index in [-0.39, 0.29) is 5.82 Å². The first-order valence-electron chi connectivity index (χ1n) is 6.31. The second-order valence-corrected chi connectivity index (χ2v) is 4.28. The number of hydrogen-bond donors (Lipinski definition) is 1. The minimum atomic E-state index is -0.286. The smallest absolute Gasteiger partial charge is 0.138 e. The average molecular weight is 260 g/mol. The number of rotatable bonds is 5. The summed E-state index contributed by atoms with van der Waals surface area (Å²) < 4.78 is 19.4. The fraction of sp³-hybridized carbons (Fsp3) is 0.267. The minimum absolute atomic E-state index is 0.286. The highest BCUT2D eigenvalue weighted by atomic mass is 19.1. The molecular formula is C15H17FN2O. The standard InChI is InChI=1S/C15H17FN2O/c1-2-5-19-13-7-12(9-18-10-13)14-6-11(8-17)3-4-15(14)16/h3-4,6-7,9-10H,2,5,8,17H2,1H3. The molecule has 3 nitrogen and oxygen atoms in total. The van der Waals surface area contributed by atoms with Crippen LogP contribution in [0.15, 0.2) is 36.7 Å². The van der Waals surface area contributed by atoms with Crippen LogP contribution in [0.5, 0.6) is 5.75 Å². The third-order valence-corrected chi connectivity index (χ3v) is 2.76. The van der Waals surface area contributed by atoms with Gasteiger partial charge in [0.25, 0.3) is 0 Å². The van der Waals surface area contributed by atoms with E-state index in [0.717, 1.165) is 12.0 Å². The largest absolute Gasteiger partial charge is 0.492 e. The number of nitrogens with two attached hydrogens (primary N) is 1. The van der Waals surface area contributed by atoms with Crippen LogP contribution in [0.1, 0.15) is 18.9 Å². The first-order valence-corrected chi connectivity index (χ1v) is 6.31. The van der Waals surface area contributed by atoms with Gasteiger partial charge in [0, 0.05) is 23.9 Å². The van der Waals surface area contributed by atoms with E-state index in [1.807, 2.05) is 6.92 Å². The Morgan fingerprint density at radius 3 is 2.84 bits per heavy atom. The highest BCUT2D eigenvalue weighted by Crippen LogP contribution is 2.26. The van der Waals surface area contributed by atoms with Gasteiger partial charge < -0.3 is 10.5 Å². The molecule has 0 radical (unpaired) electrons. The Hall–Kier alpha value is -1.94. The first kappa shape index (κ1) is 13.5. The van der Waals surface area contributed by atoms with Crippen molar-refractivity contribution in [1.29, 1.82) is 0 Å². The second kappa shape index (κ2) is 6.29. The third-order valence-electron chi connectivity index (χ3n) is 2.76. The summed E-state index contributed by atoms with van der Waals surface area (Å²) in [5.41, 5.74) is 7.66. The lowest BCUT2D eigenvalue weighted by atomic mass is 10.0. The van der Waals surface area contributed by atoms with E-state index < -0.39 is 0 Å². The number of hydrogen-bond acceptors (Lipinski definition) is 3. The van der Waals surface area contributed by atoms with E-state index in [0.29, 0.717) is 30.0 Å². The Bertz CT molecular complexity index is 558. The maximum atomic E-state index is 13.9. The normalized spacial score (nSPS) is 10.5. The van der Waals surface area contributed by atoms with Crippen LogP contribution in [0.4, 0.5) is 4.39 Å². The molecule has 0 aliphatic rings.